The molecule has 4 atom stereocenters. The maximum absolute atomic E-state index is 13.4. The maximum Gasteiger partial charge on any atom is 0.422 e. The van der Waals surface area contributed by atoms with Gasteiger partial charge in [-0.1, -0.05) is 11.6 Å². The summed E-state index contributed by atoms with van der Waals surface area (Å²) >= 11 is 9.52. The molecule has 0 aliphatic carbocycles. The highest BCUT2D eigenvalue weighted by Crippen LogP contribution is 2.45. The van der Waals surface area contributed by atoms with Crippen LogP contribution in [0, 0.1) is 0 Å². The van der Waals surface area contributed by atoms with E-state index in [1.165, 1.54) is 13.4 Å². The molecule has 0 bridgehead atoms. The van der Waals surface area contributed by atoms with Crippen LogP contribution in [0.4, 0.5) is 24.7 Å². The van der Waals surface area contributed by atoms with E-state index in [0.29, 0.717) is 33.2 Å². The third-order valence-electron chi connectivity index (χ3n) is 5.94. The van der Waals surface area contributed by atoms with Crippen molar-refractivity contribution < 1.29 is 37.2 Å². The van der Waals surface area contributed by atoms with Crippen molar-refractivity contribution in [3.8, 4) is 11.5 Å². The quantitative estimate of drug-likeness (QED) is 0.454. The van der Waals surface area contributed by atoms with E-state index in [-0.39, 0.29) is 12.4 Å². The standard InChI is InChI=1S/C22H18BrClF3N3O5/c1-32-15-5-11-14(28-9-29-20(11)30-10-2-3-12(23)13(24)4-10)6-16(15)35-17-7-33-19-18(17)34-8-21(19,31)22(25,26)27/h2-6,9,17-19,31H,7-8H2,1H3,(H,28,29,30)/t17-,18+,19-,21+/m0/s1. The van der Waals surface area contributed by atoms with Crippen LogP contribution in [0.15, 0.2) is 41.1 Å². The molecule has 8 nitrogen and oxygen atoms in total. The highest BCUT2D eigenvalue weighted by atomic mass is 79.9. The van der Waals surface area contributed by atoms with Gasteiger partial charge in [-0.05, 0) is 40.2 Å². The van der Waals surface area contributed by atoms with E-state index < -0.39 is 36.7 Å². The lowest BCUT2D eigenvalue weighted by Gasteiger charge is -2.28. The Morgan fingerprint density at radius 1 is 1.20 bits per heavy atom. The van der Waals surface area contributed by atoms with E-state index in [9.17, 15) is 18.3 Å². The van der Waals surface area contributed by atoms with E-state index in [0.717, 1.165) is 4.47 Å². The minimum Gasteiger partial charge on any atom is -0.493 e. The predicted octanol–water partition coefficient (Wildman–Crippen LogP) is 4.64. The number of nitrogens with zero attached hydrogens (tertiary/aromatic N) is 2. The fraction of sp³-hybridized carbons (Fsp3) is 0.364. The van der Waals surface area contributed by atoms with Crippen LogP contribution in [0.2, 0.25) is 5.02 Å². The summed E-state index contributed by atoms with van der Waals surface area (Å²) in [6.07, 6.45) is -7.13. The van der Waals surface area contributed by atoms with Crippen molar-refractivity contribution in [1.82, 2.24) is 9.97 Å². The summed E-state index contributed by atoms with van der Waals surface area (Å²) < 4.78 is 62.8. The van der Waals surface area contributed by atoms with Gasteiger partial charge in [0.25, 0.3) is 0 Å². The van der Waals surface area contributed by atoms with Crippen molar-refractivity contribution in [2.24, 2.45) is 0 Å². The zero-order chi connectivity index (χ0) is 25.0. The van der Waals surface area contributed by atoms with Crippen molar-refractivity contribution in [3.05, 3.63) is 46.2 Å². The number of aliphatic hydroxyl groups is 1. The van der Waals surface area contributed by atoms with E-state index in [2.05, 4.69) is 31.2 Å². The summed E-state index contributed by atoms with van der Waals surface area (Å²) in [4.78, 5) is 8.57. The first-order valence-corrected chi connectivity index (χ1v) is 11.5. The van der Waals surface area contributed by atoms with E-state index >= 15 is 0 Å². The molecule has 2 saturated heterocycles. The number of hydrogen-bond acceptors (Lipinski definition) is 8. The first-order chi connectivity index (χ1) is 16.6. The summed E-state index contributed by atoms with van der Waals surface area (Å²) in [7, 11) is 1.43. The Balaban J connectivity index is 1.42. The van der Waals surface area contributed by atoms with Crippen LogP contribution in [0.3, 0.4) is 0 Å². The molecule has 3 aromatic rings. The lowest BCUT2D eigenvalue weighted by Crippen LogP contribution is -2.55. The highest BCUT2D eigenvalue weighted by Gasteiger charge is 2.69. The number of anilines is 2. The average molecular weight is 577 g/mol. The number of hydrogen-bond donors (Lipinski definition) is 2. The molecule has 35 heavy (non-hydrogen) atoms. The van der Waals surface area contributed by atoms with Crippen LogP contribution in [0.5, 0.6) is 11.5 Å². The normalized spacial score (nSPS) is 26.1. The number of benzene rings is 2. The van der Waals surface area contributed by atoms with Crippen molar-refractivity contribution >= 4 is 49.9 Å². The summed E-state index contributed by atoms with van der Waals surface area (Å²) in [6.45, 7) is -1.13. The second-order valence-corrected chi connectivity index (χ2v) is 9.37. The third-order valence-corrected chi connectivity index (χ3v) is 7.18. The number of aromatic nitrogens is 2. The van der Waals surface area contributed by atoms with Gasteiger partial charge in [0.2, 0.25) is 5.60 Å². The third kappa shape index (κ3) is 4.27. The minimum absolute atomic E-state index is 0.199. The molecule has 2 fully saturated rings. The first kappa shape index (κ1) is 24.3. The van der Waals surface area contributed by atoms with Crippen molar-refractivity contribution in [1.29, 1.82) is 0 Å². The minimum atomic E-state index is -4.90. The van der Waals surface area contributed by atoms with Crippen LogP contribution in [-0.4, -0.2) is 65.5 Å². The van der Waals surface area contributed by atoms with Gasteiger partial charge >= 0.3 is 6.18 Å². The smallest absolute Gasteiger partial charge is 0.422 e. The Kier molecular flexibility index (Phi) is 6.20. The van der Waals surface area contributed by atoms with Crippen molar-refractivity contribution in [2.75, 3.05) is 25.6 Å². The number of nitrogens with one attached hydrogen (secondary N) is 1. The number of alkyl halides is 3. The van der Waals surface area contributed by atoms with Gasteiger partial charge in [-0.2, -0.15) is 13.2 Å². The fourth-order valence-corrected chi connectivity index (χ4v) is 4.55. The topological polar surface area (TPSA) is 95.0 Å². The molecule has 2 aromatic carbocycles. The Morgan fingerprint density at radius 2 is 2.00 bits per heavy atom. The zero-order valence-corrected chi connectivity index (χ0v) is 20.3. The van der Waals surface area contributed by atoms with Gasteiger partial charge in [-0.3, -0.25) is 0 Å². The Labute approximate surface area is 210 Å². The van der Waals surface area contributed by atoms with E-state index in [1.54, 1.807) is 24.3 Å². The molecule has 1 aromatic heterocycles. The van der Waals surface area contributed by atoms with Gasteiger partial charge in [0, 0.05) is 21.6 Å². The molecule has 186 valence electrons. The van der Waals surface area contributed by atoms with Crippen LogP contribution in [0.25, 0.3) is 10.9 Å². The van der Waals surface area contributed by atoms with Crippen LogP contribution < -0.4 is 14.8 Å². The second kappa shape index (κ2) is 8.93. The summed E-state index contributed by atoms with van der Waals surface area (Å²) in [5.74, 6) is 1.02. The summed E-state index contributed by atoms with van der Waals surface area (Å²) in [5.41, 5.74) is -1.90. The predicted molar refractivity (Wildman–Crippen MR) is 123 cm³/mol. The average Bonchev–Trinajstić information content (AvgIpc) is 3.37. The van der Waals surface area contributed by atoms with E-state index in [1.807, 2.05) is 6.07 Å². The van der Waals surface area contributed by atoms with Gasteiger partial charge in [0.1, 0.15) is 24.4 Å². The number of halogens is 5. The fourth-order valence-electron chi connectivity index (χ4n) is 4.13. The lowest BCUT2D eigenvalue weighted by molar-refractivity contribution is -0.282. The largest absolute Gasteiger partial charge is 0.493 e. The molecule has 0 unspecified atom stereocenters. The van der Waals surface area contributed by atoms with Crippen molar-refractivity contribution in [3.63, 3.8) is 0 Å². The van der Waals surface area contributed by atoms with Gasteiger partial charge in [0.15, 0.2) is 17.6 Å². The maximum atomic E-state index is 13.4. The SMILES string of the molecule is COc1cc2c(Nc3ccc(Br)c(Cl)c3)ncnc2cc1O[C@H]1CO[C@H]2[C@@H]1OC[C@]2(O)C(F)(F)F. The molecule has 0 spiro atoms. The first-order valence-electron chi connectivity index (χ1n) is 10.3. The summed E-state index contributed by atoms with van der Waals surface area (Å²) in [5, 5.41) is 14.4. The Bertz CT molecular complexity index is 1280. The molecule has 2 aliphatic rings. The number of fused-ring (bicyclic) bond motifs is 2. The molecule has 0 amide bonds. The summed E-state index contributed by atoms with van der Waals surface area (Å²) in [6, 6.07) is 8.59. The molecular formula is C22H18BrClF3N3O5. The van der Waals surface area contributed by atoms with Crippen LogP contribution in [0.1, 0.15) is 0 Å². The Morgan fingerprint density at radius 3 is 2.71 bits per heavy atom. The van der Waals surface area contributed by atoms with Crippen molar-refractivity contribution in [2.45, 2.75) is 30.1 Å². The molecule has 2 aliphatic heterocycles. The molecule has 13 heteroatoms. The number of ether oxygens (including phenoxy) is 4. The Hall–Kier alpha value is -2.38. The van der Waals surface area contributed by atoms with Crippen LogP contribution in [-0.2, 0) is 9.47 Å². The molecule has 0 saturated carbocycles. The number of rotatable bonds is 5. The van der Waals surface area contributed by atoms with Gasteiger partial charge in [-0.25, -0.2) is 9.97 Å². The van der Waals surface area contributed by atoms with E-state index in [4.69, 9.17) is 30.5 Å². The lowest BCUT2D eigenvalue weighted by atomic mass is 9.95. The molecule has 3 heterocycles. The number of methoxy groups -OCH3 is 1. The molecule has 5 rings (SSSR count). The van der Waals surface area contributed by atoms with Gasteiger partial charge < -0.3 is 29.4 Å². The van der Waals surface area contributed by atoms with Gasteiger partial charge in [0.05, 0.1) is 30.9 Å². The van der Waals surface area contributed by atoms with Crippen LogP contribution >= 0.6 is 27.5 Å². The molecule has 0 radical (unpaired) electrons. The molecule has 2 N–H and O–H groups in total. The zero-order valence-electron chi connectivity index (χ0n) is 18.0. The van der Waals surface area contributed by atoms with Gasteiger partial charge in [-0.15, -0.1) is 0 Å². The second-order valence-electron chi connectivity index (χ2n) is 8.10. The monoisotopic (exact) mass is 575 g/mol. The molecular weight excluding hydrogens is 559 g/mol. The highest BCUT2D eigenvalue weighted by molar-refractivity contribution is 9.10.